The molecule has 0 unspecified atom stereocenters. The number of rotatable bonds is 8. The second-order valence-corrected chi connectivity index (χ2v) is 8.78. The Morgan fingerprint density at radius 1 is 0.789 bits per heavy atom. The Morgan fingerprint density at radius 3 is 1.87 bits per heavy atom. The lowest BCUT2D eigenvalue weighted by atomic mass is 10.2. The molecule has 0 atom stereocenters. The molecule has 0 amide bonds. The molecule has 0 radical (unpaired) electrons. The SMILES string of the molecule is COc1cc(Cl)cc(NCc2cc(F)ccc2O)n1.COc1nc(Br)cc(NCc2cc(F)ccc2O)n1. The van der Waals surface area contributed by atoms with Crippen LogP contribution in [0.3, 0.4) is 0 Å². The molecular formula is C25H23BrClF2N5O4. The highest BCUT2D eigenvalue weighted by atomic mass is 79.9. The van der Waals surface area contributed by atoms with Crippen molar-refractivity contribution >= 4 is 39.2 Å². The van der Waals surface area contributed by atoms with E-state index in [1.165, 1.54) is 50.6 Å². The van der Waals surface area contributed by atoms with Crippen molar-refractivity contribution in [2.24, 2.45) is 0 Å². The van der Waals surface area contributed by atoms with E-state index >= 15 is 0 Å². The maximum Gasteiger partial charge on any atom is 0.319 e. The van der Waals surface area contributed by atoms with Crippen molar-refractivity contribution in [3.63, 3.8) is 0 Å². The van der Waals surface area contributed by atoms with Crippen LogP contribution < -0.4 is 20.1 Å². The molecular weight excluding hydrogens is 588 g/mol. The number of phenols is 2. The van der Waals surface area contributed by atoms with Gasteiger partial charge in [0, 0.05) is 41.4 Å². The molecule has 2 aromatic heterocycles. The normalized spacial score (nSPS) is 10.3. The van der Waals surface area contributed by atoms with Crippen LogP contribution in [-0.4, -0.2) is 39.4 Å². The lowest BCUT2D eigenvalue weighted by molar-refractivity contribution is 0.379. The van der Waals surface area contributed by atoms with E-state index in [1.807, 2.05) is 0 Å². The van der Waals surface area contributed by atoms with E-state index in [2.05, 4.69) is 41.5 Å². The minimum absolute atomic E-state index is 0.0166. The molecule has 0 aliphatic heterocycles. The second kappa shape index (κ2) is 13.6. The predicted octanol–water partition coefficient (Wildman–Crippen LogP) is 5.90. The van der Waals surface area contributed by atoms with Gasteiger partial charge in [0.15, 0.2) is 0 Å². The third kappa shape index (κ3) is 8.60. The van der Waals surface area contributed by atoms with Gasteiger partial charge in [-0.1, -0.05) is 11.6 Å². The summed E-state index contributed by atoms with van der Waals surface area (Å²) in [5.74, 6) is 0.577. The average Bonchev–Trinajstić information content (AvgIpc) is 2.89. The zero-order valence-electron chi connectivity index (χ0n) is 20.2. The smallest absolute Gasteiger partial charge is 0.319 e. The van der Waals surface area contributed by atoms with Crippen molar-refractivity contribution in [3.8, 4) is 23.4 Å². The summed E-state index contributed by atoms with van der Waals surface area (Å²) in [7, 11) is 2.95. The Balaban J connectivity index is 0.000000211. The number of hydrogen-bond acceptors (Lipinski definition) is 9. The fourth-order valence-electron chi connectivity index (χ4n) is 3.01. The topological polar surface area (TPSA) is 122 Å². The molecule has 4 aromatic rings. The first-order valence-electron chi connectivity index (χ1n) is 10.9. The molecule has 200 valence electrons. The first-order chi connectivity index (χ1) is 18.2. The number of halogens is 4. The monoisotopic (exact) mass is 609 g/mol. The third-order valence-corrected chi connectivity index (χ3v) is 5.46. The maximum atomic E-state index is 13.1. The van der Waals surface area contributed by atoms with Gasteiger partial charge in [-0.05, 0) is 58.4 Å². The van der Waals surface area contributed by atoms with Gasteiger partial charge in [0.05, 0.1) is 14.2 Å². The zero-order chi connectivity index (χ0) is 27.7. The Kier molecular flexibility index (Phi) is 10.3. The molecule has 0 aliphatic carbocycles. The zero-order valence-corrected chi connectivity index (χ0v) is 22.5. The molecule has 13 heteroatoms. The van der Waals surface area contributed by atoms with Crippen LogP contribution in [0.2, 0.25) is 5.02 Å². The van der Waals surface area contributed by atoms with Gasteiger partial charge < -0.3 is 30.3 Å². The Labute approximate surface area is 230 Å². The summed E-state index contributed by atoms with van der Waals surface area (Å²) in [5, 5.41) is 25.6. The molecule has 2 heterocycles. The van der Waals surface area contributed by atoms with Crippen LogP contribution in [0.4, 0.5) is 20.4 Å². The lowest BCUT2D eigenvalue weighted by Crippen LogP contribution is -2.04. The molecule has 0 saturated carbocycles. The van der Waals surface area contributed by atoms with Gasteiger partial charge in [-0.3, -0.25) is 0 Å². The summed E-state index contributed by atoms with van der Waals surface area (Å²) in [4.78, 5) is 12.2. The van der Waals surface area contributed by atoms with Crippen molar-refractivity contribution < 1.29 is 28.5 Å². The minimum atomic E-state index is -0.411. The number of ether oxygens (including phenoxy) is 2. The summed E-state index contributed by atoms with van der Waals surface area (Å²) < 4.78 is 36.6. The summed E-state index contributed by atoms with van der Waals surface area (Å²) in [6.45, 7) is 0.455. The van der Waals surface area contributed by atoms with Gasteiger partial charge in [-0.25, -0.2) is 8.78 Å². The van der Waals surface area contributed by atoms with Crippen molar-refractivity contribution in [2.45, 2.75) is 13.1 Å². The van der Waals surface area contributed by atoms with Crippen molar-refractivity contribution in [2.75, 3.05) is 24.9 Å². The van der Waals surface area contributed by atoms with Crippen LogP contribution in [0.15, 0.2) is 59.2 Å². The van der Waals surface area contributed by atoms with E-state index in [1.54, 1.807) is 18.2 Å². The molecule has 9 nitrogen and oxygen atoms in total. The highest BCUT2D eigenvalue weighted by Gasteiger charge is 2.07. The number of benzene rings is 2. The largest absolute Gasteiger partial charge is 0.508 e. The molecule has 0 aliphatic rings. The molecule has 0 saturated heterocycles. The number of aromatic hydroxyl groups is 2. The van der Waals surface area contributed by atoms with Gasteiger partial charge in [0.1, 0.15) is 39.4 Å². The van der Waals surface area contributed by atoms with E-state index in [9.17, 15) is 19.0 Å². The first kappa shape index (κ1) is 28.7. The van der Waals surface area contributed by atoms with Gasteiger partial charge >= 0.3 is 6.01 Å². The van der Waals surface area contributed by atoms with Crippen LogP contribution in [0, 0.1) is 11.6 Å². The van der Waals surface area contributed by atoms with Crippen molar-refractivity contribution in [1.82, 2.24) is 15.0 Å². The standard InChI is InChI=1S/C13H12ClFN2O2.C12H11BrFN3O2/c1-19-13-6-9(14)5-12(17-13)16-7-8-4-10(15)2-3-11(8)18;1-19-12-16-10(13)5-11(17-12)15-6-7-4-8(14)2-3-9(7)18/h2-6,18H,7H2,1H3,(H,16,17);2-5,18H,6H2,1H3,(H,15,16,17). The van der Waals surface area contributed by atoms with Gasteiger partial charge in [0.25, 0.3) is 0 Å². The Hall–Kier alpha value is -3.90. The van der Waals surface area contributed by atoms with Crippen LogP contribution >= 0.6 is 27.5 Å². The van der Waals surface area contributed by atoms with Gasteiger partial charge in [0.2, 0.25) is 5.88 Å². The summed E-state index contributed by atoms with van der Waals surface area (Å²) in [5.41, 5.74) is 0.870. The maximum absolute atomic E-state index is 13.1. The van der Waals surface area contributed by atoms with E-state index in [0.717, 1.165) is 0 Å². The summed E-state index contributed by atoms with van der Waals surface area (Å²) >= 11 is 9.12. The number of nitrogens with one attached hydrogen (secondary N) is 2. The van der Waals surface area contributed by atoms with E-state index < -0.39 is 11.6 Å². The summed E-state index contributed by atoms with van der Waals surface area (Å²) in [6, 6.07) is 12.6. The molecule has 0 spiro atoms. The third-order valence-electron chi connectivity index (χ3n) is 4.84. The van der Waals surface area contributed by atoms with E-state index in [0.29, 0.717) is 38.3 Å². The van der Waals surface area contributed by atoms with Crippen LogP contribution in [0.5, 0.6) is 23.4 Å². The van der Waals surface area contributed by atoms with Gasteiger partial charge in [-0.2, -0.15) is 15.0 Å². The second-order valence-electron chi connectivity index (χ2n) is 7.53. The highest BCUT2D eigenvalue weighted by Crippen LogP contribution is 2.23. The fourth-order valence-corrected chi connectivity index (χ4v) is 3.58. The molecule has 2 aromatic carbocycles. The lowest BCUT2D eigenvalue weighted by Gasteiger charge is -2.09. The number of aromatic nitrogens is 3. The van der Waals surface area contributed by atoms with Gasteiger partial charge in [-0.15, -0.1) is 0 Å². The van der Waals surface area contributed by atoms with E-state index in [-0.39, 0.29) is 30.6 Å². The van der Waals surface area contributed by atoms with Crippen molar-refractivity contribution in [3.05, 3.63) is 87.0 Å². The summed E-state index contributed by atoms with van der Waals surface area (Å²) in [6.07, 6.45) is 0. The number of nitrogens with zero attached hydrogens (tertiary/aromatic N) is 3. The van der Waals surface area contributed by atoms with Crippen LogP contribution in [0.25, 0.3) is 0 Å². The molecule has 0 fully saturated rings. The number of pyridine rings is 1. The molecule has 4 rings (SSSR count). The Bertz CT molecular complexity index is 1300. The van der Waals surface area contributed by atoms with Crippen molar-refractivity contribution in [1.29, 1.82) is 0 Å². The number of hydrogen-bond donors (Lipinski definition) is 4. The highest BCUT2D eigenvalue weighted by molar-refractivity contribution is 9.10. The number of phenolic OH excluding ortho intramolecular Hbond substituents is 2. The molecule has 4 N–H and O–H groups in total. The number of anilines is 2. The number of methoxy groups -OCH3 is 2. The van der Waals surface area contributed by atoms with Crippen LogP contribution in [0.1, 0.15) is 11.1 Å². The van der Waals surface area contributed by atoms with E-state index in [4.69, 9.17) is 21.1 Å². The molecule has 38 heavy (non-hydrogen) atoms. The predicted molar refractivity (Wildman–Crippen MR) is 143 cm³/mol. The van der Waals surface area contributed by atoms with Crippen LogP contribution in [-0.2, 0) is 13.1 Å². The first-order valence-corrected chi connectivity index (χ1v) is 12.1. The minimum Gasteiger partial charge on any atom is -0.508 e. The quantitative estimate of drug-likeness (QED) is 0.181. The Morgan fingerprint density at radius 2 is 1.34 bits per heavy atom. The fraction of sp³-hybridized carbons (Fsp3) is 0.160. The average molecular weight is 611 g/mol. The molecule has 0 bridgehead atoms.